The van der Waals surface area contributed by atoms with E-state index in [2.05, 4.69) is 15.5 Å². The van der Waals surface area contributed by atoms with Gasteiger partial charge in [-0.1, -0.05) is 5.16 Å². The van der Waals surface area contributed by atoms with Gasteiger partial charge in [0.05, 0.1) is 0 Å². The molecule has 0 radical (unpaired) electrons. The van der Waals surface area contributed by atoms with Crippen LogP contribution in [0.1, 0.15) is 36.3 Å². The molecule has 1 amide bonds. The highest BCUT2D eigenvalue weighted by atomic mass is 16.5. The van der Waals surface area contributed by atoms with Gasteiger partial charge in [0.25, 0.3) is 11.7 Å². The molecule has 0 saturated heterocycles. The Morgan fingerprint density at radius 1 is 1.67 bits per heavy atom. The average molecular weight is 212 g/mol. The number of aromatic nitrogens is 2. The minimum Gasteiger partial charge on any atom is -0.352 e. The van der Waals surface area contributed by atoms with Gasteiger partial charge in [-0.25, -0.2) is 0 Å². The molecule has 0 aliphatic rings. The summed E-state index contributed by atoms with van der Waals surface area (Å²) in [4.78, 5) is 15.0. The van der Waals surface area contributed by atoms with Crippen LogP contribution in [0.2, 0.25) is 0 Å². The van der Waals surface area contributed by atoms with Crippen LogP contribution >= 0.6 is 0 Å². The number of rotatable bonds is 5. The largest absolute Gasteiger partial charge is 0.352 e. The van der Waals surface area contributed by atoms with Gasteiger partial charge < -0.3 is 15.6 Å². The van der Waals surface area contributed by atoms with Crippen LogP contribution in [-0.2, 0) is 6.42 Å². The SMILES string of the molecule is CNC(=O)c1noc(CCCC(C)N)n1. The quantitative estimate of drug-likeness (QED) is 0.721. The van der Waals surface area contributed by atoms with E-state index in [4.69, 9.17) is 10.3 Å². The molecule has 0 aliphatic heterocycles. The van der Waals surface area contributed by atoms with Crippen molar-refractivity contribution in [1.29, 1.82) is 0 Å². The van der Waals surface area contributed by atoms with Crippen molar-refractivity contribution in [3.05, 3.63) is 11.7 Å². The van der Waals surface area contributed by atoms with Gasteiger partial charge in [-0.05, 0) is 19.8 Å². The molecule has 84 valence electrons. The number of hydrogen-bond donors (Lipinski definition) is 2. The lowest BCUT2D eigenvalue weighted by Crippen LogP contribution is -2.19. The van der Waals surface area contributed by atoms with Crippen LogP contribution in [-0.4, -0.2) is 29.1 Å². The summed E-state index contributed by atoms with van der Waals surface area (Å²) < 4.78 is 4.91. The number of aryl methyl sites for hydroxylation is 1. The summed E-state index contributed by atoms with van der Waals surface area (Å²) >= 11 is 0. The van der Waals surface area contributed by atoms with Crippen LogP contribution in [0.5, 0.6) is 0 Å². The summed E-state index contributed by atoms with van der Waals surface area (Å²) in [6.07, 6.45) is 2.44. The highest BCUT2D eigenvalue weighted by molar-refractivity contribution is 5.89. The Kier molecular flexibility index (Phi) is 4.23. The number of hydrogen-bond acceptors (Lipinski definition) is 5. The van der Waals surface area contributed by atoms with Crippen molar-refractivity contribution in [2.75, 3.05) is 7.05 Å². The second kappa shape index (κ2) is 5.45. The summed E-state index contributed by atoms with van der Waals surface area (Å²) in [5.41, 5.74) is 5.60. The van der Waals surface area contributed by atoms with Gasteiger partial charge in [-0.15, -0.1) is 0 Å². The Labute approximate surface area is 88.2 Å². The van der Waals surface area contributed by atoms with Crippen molar-refractivity contribution < 1.29 is 9.32 Å². The maximum atomic E-state index is 11.1. The fourth-order valence-electron chi connectivity index (χ4n) is 1.14. The maximum Gasteiger partial charge on any atom is 0.292 e. The first kappa shape index (κ1) is 11.6. The lowest BCUT2D eigenvalue weighted by molar-refractivity contribution is 0.0950. The Morgan fingerprint density at radius 2 is 2.40 bits per heavy atom. The molecule has 1 unspecified atom stereocenters. The lowest BCUT2D eigenvalue weighted by atomic mass is 10.1. The standard InChI is InChI=1S/C9H16N4O2/c1-6(10)4-3-5-7-12-8(13-15-7)9(14)11-2/h6H,3-5,10H2,1-2H3,(H,11,14). The highest BCUT2D eigenvalue weighted by Crippen LogP contribution is 2.04. The first-order valence-corrected chi connectivity index (χ1v) is 4.93. The van der Waals surface area contributed by atoms with Gasteiger partial charge in [-0.2, -0.15) is 4.98 Å². The van der Waals surface area contributed by atoms with Crippen LogP contribution in [0.15, 0.2) is 4.52 Å². The van der Waals surface area contributed by atoms with E-state index < -0.39 is 0 Å². The van der Waals surface area contributed by atoms with Crippen molar-refractivity contribution >= 4 is 5.91 Å². The number of amides is 1. The molecule has 0 aliphatic carbocycles. The van der Waals surface area contributed by atoms with E-state index in [-0.39, 0.29) is 17.8 Å². The third-order valence-corrected chi connectivity index (χ3v) is 1.95. The molecule has 15 heavy (non-hydrogen) atoms. The summed E-state index contributed by atoms with van der Waals surface area (Å²) in [6, 6.07) is 0.173. The summed E-state index contributed by atoms with van der Waals surface area (Å²) in [7, 11) is 1.52. The van der Waals surface area contributed by atoms with Gasteiger partial charge in [-0.3, -0.25) is 4.79 Å². The number of carbonyl (C=O) groups is 1. The van der Waals surface area contributed by atoms with Crippen LogP contribution in [0.4, 0.5) is 0 Å². The summed E-state index contributed by atoms with van der Waals surface area (Å²) in [5.74, 6) is 0.222. The Morgan fingerprint density at radius 3 is 3.00 bits per heavy atom. The molecule has 1 aromatic heterocycles. The first-order chi connectivity index (χ1) is 7.13. The fraction of sp³-hybridized carbons (Fsp3) is 0.667. The molecule has 3 N–H and O–H groups in total. The summed E-state index contributed by atoms with van der Waals surface area (Å²) in [5, 5.41) is 5.98. The maximum absolute atomic E-state index is 11.1. The normalized spacial score (nSPS) is 12.5. The van der Waals surface area contributed by atoms with E-state index in [1.165, 1.54) is 7.05 Å². The third kappa shape index (κ3) is 3.67. The molecule has 6 heteroatoms. The van der Waals surface area contributed by atoms with E-state index in [0.717, 1.165) is 12.8 Å². The molecule has 0 fully saturated rings. The average Bonchev–Trinajstić information content (AvgIpc) is 2.65. The van der Waals surface area contributed by atoms with Gasteiger partial charge in [0.15, 0.2) is 0 Å². The minimum atomic E-state index is -0.336. The van der Waals surface area contributed by atoms with Gasteiger partial charge in [0.1, 0.15) is 0 Å². The van der Waals surface area contributed by atoms with Gasteiger partial charge in [0.2, 0.25) is 5.89 Å². The number of nitrogens with two attached hydrogens (primary N) is 1. The van der Waals surface area contributed by atoms with Gasteiger partial charge >= 0.3 is 0 Å². The predicted octanol–water partition coefficient (Wildman–Crippen LogP) is 0.0991. The molecule has 1 aromatic rings. The summed E-state index contributed by atoms with van der Waals surface area (Å²) in [6.45, 7) is 1.95. The van der Waals surface area contributed by atoms with E-state index >= 15 is 0 Å². The predicted molar refractivity (Wildman–Crippen MR) is 54.3 cm³/mol. The molecular weight excluding hydrogens is 196 g/mol. The Bertz CT molecular complexity index is 322. The molecule has 1 heterocycles. The van der Waals surface area contributed by atoms with E-state index in [1.54, 1.807) is 0 Å². The van der Waals surface area contributed by atoms with Crippen LogP contribution < -0.4 is 11.1 Å². The zero-order chi connectivity index (χ0) is 11.3. The third-order valence-electron chi connectivity index (χ3n) is 1.95. The molecule has 1 atom stereocenters. The van der Waals surface area contributed by atoms with Crippen molar-refractivity contribution in [3.63, 3.8) is 0 Å². The molecular formula is C9H16N4O2. The first-order valence-electron chi connectivity index (χ1n) is 4.93. The topological polar surface area (TPSA) is 94.0 Å². The van der Waals surface area contributed by atoms with Crippen LogP contribution in [0.25, 0.3) is 0 Å². The lowest BCUT2D eigenvalue weighted by Gasteiger charge is -2.00. The zero-order valence-corrected chi connectivity index (χ0v) is 8.99. The Hall–Kier alpha value is -1.43. The fourth-order valence-corrected chi connectivity index (χ4v) is 1.14. The van der Waals surface area contributed by atoms with E-state index in [0.29, 0.717) is 12.3 Å². The molecule has 0 aromatic carbocycles. The van der Waals surface area contributed by atoms with E-state index in [1.807, 2.05) is 6.92 Å². The highest BCUT2D eigenvalue weighted by Gasteiger charge is 2.12. The second-order valence-electron chi connectivity index (χ2n) is 3.46. The monoisotopic (exact) mass is 212 g/mol. The Balaban J connectivity index is 2.43. The molecule has 0 bridgehead atoms. The van der Waals surface area contributed by atoms with Crippen molar-refractivity contribution in [1.82, 2.24) is 15.5 Å². The van der Waals surface area contributed by atoms with Crippen LogP contribution in [0, 0.1) is 0 Å². The van der Waals surface area contributed by atoms with Crippen molar-refractivity contribution in [3.8, 4) is 0 Å². The number of carbonyl (C=O) groups excluding carboxylic acids is 1. The van der Waals surface area contributed by atoms with Crippen molar-refractivity contribution in [2.45, 2.75) is 32.2 Å². The van der Waals surface area contributed by atoms with Crippen LogP contribution in [0.3, 0.4) is 0 Å². The second-order valence-corrected chi connectivity index (χ2v) is 3.46. The zero-order valence-electron chi connectivity index (χ0n) is 8.99. The van der Waals surface area contributed by atoms with Crippen molar-refractivity contribution in [2.24, 2.45) is 5.73 Å². The minimum absolute atomic E-state index is 0.0771. The van der Waals surface area contributed by atoms with Gasteiger partial charge in [0, 0.05) is 19.5 Å². The smallest absolute Gasteiger partial charge is 0.292 e. The molecule has 0 spiro atoms. The van der Waals surface area contributed by atoms with E-state index in [9.17, 15) is 4.79 Å². The molecule has 1 rings (SSSR count). The molecule has 0 saturated carbocycles. The number of nitrogens with zero attached hydrogens (tertiary/aromatic N) is 2. The molecule has 6 nitrogen and oxygen atoms in total. The number of nitrogens with one attached hydrogen (secondary N) is 1.